The van der Waals surface area contributed by atoms with E-state index < -0.39 is 0 Å². The summed E-state index contributed by atoms with van der Waals surface area (Å²) in [6.07, 6.45) is 2.30. The molecule has 0 aromatic carbocycles. The predicted molar refractivity (Wildman–Crippen MR) is 72.0 cm³/mol. The number of rotatable bonds is 3. The number of hydrogen-bond acceptors (Lipinski definition) is 5. The molecule has 1 aliphatic heterocycles. The zero-order valence-corrected chi connectivity index (χ0v) is 11.4. The standard InChI is InChI=1S/C13H22N4O/c1-9(2)18-12-7-10(3)15-13(16-12)17-6-4-5-11(14)8-17/h7,9,11H,4-6,8,14H2,1-3H3/t11-/m1/s1. The Hall–Kier alpha value is -1.36. The van der Waals surface area contributed by atoms with Crippen LogP contribution in [0.4, 0.5) is 5.95 Å². The average molecular weight is 250 g/mol. The summed E-state index contributed by atoms with van der Waals surface area (Å²) in [7, 11) is 0. The van der Waals surface area contributed by atoms with Gasteiger partial charge in [-0.05, 0) is 33.6 Å². The van der Waals surface area contributed by atoms with Crippen molar-refractivity contribution < 1.29 is 4.74 Å². The Balaban J connectivity index is 2.18. The number of aromatic nitrogens is 2. The van der Waals surface area contributed by atoms with Crippen LogP contribution in [0.15, 0.2) is 6.07 Å². The third-order valence-electron chi connectivity index (χ3n) is 2.92. The Morgan fingerprint density at radius 1 is 1.44 bits per heavy atom. The maximum absolute atomic E-state index is 5.99. The first-order valence-electron chi connectivity index (χ1n) is 6.57. The molecule has 5 heteroatoms. The first-order chi connectivity index (χ1) is 8.54. The maximum Gasteiger partial charge on any atom is 0.228 e. The Bertz CT molecular complexity index is 408. The molecular formula is C13H22N4O. The van der Waals surface area contributed by atoms with Gasteiger partial charge >= 0.3 is 0 Å². The first-order valence-corrected chi connectivity index (χ1v) is 6.57. The molecule has 18 heavy (non-hydrogen) atoms. The molecule has 0 amide bonds. The minimum atomic E-state index is 0.121. The second-order valence-electron chi connectivity index (χ2n) is 5.16. The summed E-state index contributed by atoms with van der Waals surface area (Å²) >= 11 is 0. The van der Waals surface area contributed by atoms with E-state index in [1.165, 1.54) is 0 Å². The molecule has 1 aromatic rings. The molecule has 100 valence electrons. The van der Waals surface area contributed by atoms with Crippen LogP contribution in [0, 0.1) is 6.92 Å². The molecule has 1 atom stereocenters. The van der Waals surface area contributed by atoms with Crippen LogP contribution in [-0.2, 0) is 0 Å². The quantitative estimate of drug-likeness (QED) is 0.880. The fraction of sp³-hybridized carbons (Fsp3) is 0.692. The lowest BCUT2D eigenvalue weighted by Gasteiger charge is -2.31. The maximum atomic E-state index is 5.99. The summed E-state index contributed by atoms with van der Waals surface area (Å²) in [5.74, 6) is 1.38. The highest BCUT2D eigenvalue weighted by Crippen LogP contribution is 2.19. The molecule has 0 saturated carbocycles. The van der Waals surface area contributed by atoms with E-state index in [2.05, 4.69) is 14.9 Å². The lowest BCUT2D eigenvalue weighted by Crippen LogP contribution is -2.43. The second kappa shape index (κ2) is 5.52. The Morgan fingerprint density at radius 2 is 2.22 bits per heavy atom. The normalized spacial score (nSPS) is 20.3. The fourth-order valence-corrected chi connectivity index (χ4v) is 2.16. The van der Waals surface area contributed by atoms with Crippen molar-refractivity contribution in [3.05, 3.63) is 11.8 Å². The number of ether oxygens (including phenoxy) is 1. The number of hydrogen-bond donors (Lipinski definition) is 1. The van der Waals surface area contributed by atoms with Crippen LogP contribution in [0.2, 0.25) is 0 Å². The summed E-state index contributed by atoms with van der Waals surface area (Å²) in [5.41, 5.74) is 6.92. The average Bonchev–Trinajstić information content (AvgIpc) is 2.27. The topological polar surface area (TPSA) is 64.3 Å². The summed E-state index contributed by atoms with van der Waals surface area (Å²) < 4.78 is 5.64. The molecule has 2 N–H and O–H groups in total. The smallest absolute Gasteiger partial charge is 0.228 e. The van der Waals surface area contributed by atoms with E-state index in [0.29, 0.717) is 5.88 Å². The van der Waals surface area contributed by atoms with Gasteiger partial charge in [0.2, 0.25) is 11.8 Å². The number of nitrogens with two attached hydrogens (primary N) is 1. The summed E-state index contributed by atoms with van der Waals surface area (Å²) in [6, 6.07) is 2.09. The van der Waals surface area contributed by atoms with Crippen LogP contribution in [-0.4, -0.2) is 35.2 Å². The van der Waals surface area contributed by atoms with E-state index >= 15 is 0 Å². The van der Waals surface area contributed by atoms with E-state index in [0.717, 1.165) is 37.6 Å². The lowest BCUT2D eigenvalue weighted by molar-refractivity contribution is 0.232. The molecule has 1 aliphatic rings. The van der Waals surface area contributed by atoms with Gasteiger partial charge in [-0.25, -0.2) is 4.98 Å². The van der Waals surface area contributed by atoms with E-state index in [1.54, 1.807) is 0 Å². The molecule has 1 saturated heterocycles. The van der Waals surface area contributed by atoms with Crippen LogP contribution in [0.3, 0.4) is 0 Å². The molecule has 0 radical (unpaired) electrons. The van der Waals surface area contributed by atoms with Crippen molar-refractivity contribution >= 4 is 5.95 Å². The van der Waals surface area contributed by atoms with Gasteiger partial charge in [0.25, 0.3) is 0 Å². The number of nitrogens with zero attached hydrogens (tertiary/aromatic N) is 3. The van der Waals surface area contributed by atoms with Gasteiger partial charge < -0.3 is 15.4 Å². The molecule has 0 unspecified atom stereocenters. The van der Waals surface area contributed by atoms with Gasteiger partial charge in [0, 0.05) is 30.9 Å². The Labute approximate surface area is 108 Å². The van der Waals surface area contributed by atoms with Crippen LogP contribution >= 0.6 is 0 Å². The molecule has 1 fully saturated rings. The molecule has 0 spiro atoms. The number of aryl methyl sites for hydroxylation is 1. The monoisotopic (exact) mass is 250 g/mol. The minimum Gasteiger partial charge on any atom is -0.475 e. The van der Waals surface area contributed by atoms with Crippen LogP contribution in [0.5, 0.6) is 5.88 Å². The van der Waals surface area contributed by atoms with Gasteiger partial charge in [0.05, 0.1) is 6.10 Å². The van der Waals surface area contributed by atoms with Crippen LogP contribution in [0.25, 0.3) is 0 Å². The fourth-order valence-electron chi connectivity index (χ4n) is 2.16. The first kappa shape index (κ1) is 13.1. The van der Waals surface area contributed by atoms with Gasteiger partial charge in [-0.3, -0.25) is 0 Å². The van der Waals surface area contributed by atoms with Gasteiger partial charge in [-0.1, -0.05) is 0 Å². The largest absolute Gasteiger partial charge is 0.475 e. The lowest BCUT2D eigenvalue weighted by atomic mass is 10.1. The molecule has 1 aromatic heterocycles. The van der Waals surface area contributed by atoms with Crippen molar-refractivity contribution in [2.24, 2.45) is 5.73 Å². The summed E-state index contributed by atoms with van der Waals surface area (Å²) in [4.78, 5) is 11.1. The minimum absolute atomic E-state index is 0.121. The number of anilines is 1. The van der Waals surface area contributed by atoms with Gasteiger partial charge in [-0.2, -0.15) is 4.98 Å². The molecule has 2 rings (SSSR count). The Kier molecular flexibility index (Phi) is 4.01. The van der Waals surface area contributed by atoms with E-state index in [9.17, 15) is 0 Å². The molecule has 0 bridgehead atoms. The van der Waals surface area contributed by atoms with Gasteiger partial charge in [0.15, 0.2) is 0 Å². The molecule has 2 heterocycles. The molecule has 0 aliphatic carbocycles. The Morgan fingerprint density at radius 3 is 2.89 bits per heavy atom. The predicted octanol–water partition coefficient (Wildman–Crippen LogP) is 1.50. The van der Waals surface area contributed by atoms with Gasteiger partial charge in [-0.15, -0.1) is 0 Å². The summed E-state index contributed by atoms with van der Waals surface area (Å²) in [5, 5.41) is 0. The zero-order chi connectivity index (χ0) is 13.1. The highest BCUT2D eigenvalue weighted by molar-refractivity contribution is 5.35. The van der Waals surface area contributed by atoms with E-state index in [1.807, 2.05) is 26.8 Å². The van der Waals surface area contributed by atoms with Crippen LogP contribution < -0.4 is 15.4 Å². The highest BCUT2D eigenvalue weighted by Gasteiger charge is 2.19. The van der Waals surface area contributed by atoms with E-state index in [4.69, 9.17) is 10.5 Å². The van der Waals surface area contributed by atoms with Gasteiger partial charge in [0.1, 0.15) is 0 Å². The third kappa shape index (κ3) is 3.32. The van der Waals surface area contributed by atoms with Crippen molar-refractivity contribution in [1.29, 1.82) is 0 Å². The van der Waals surface area contributed by atoms with Crippen molar-refractivity contribution in [3.8, 4) is 5.88 Å². The molecule has 5 nitrogen and oxygen atoms in total. The molecular weight excluding hydrogens is 228 g/mol. The zero-order valence-electron chi connectivity index (χ0n) is 11.4. The number of piperidine rings is 1. The van der Waals surface area contributed by atoms with Crippen molar-refractivity contribution in [3.63, 3.8) is 0 Å². The third-order valence-corrected chi connectivity index (χ3v) is 2.92. The highest BCUT2D eigenvalue weighted by atomic mass is 16.5. The van der Waals surface area contributed by atoms with Crippen molar-refractivity contribution in [2.45, 2.75) is 45.8 Å². The van der Waals surface area contributed by atoms with Crippen molar-refractivity contribution in [2.75, 3.05) is 18.0 Å². The SMILES string of the molecule is Cc1cc(OC(C)C)nc(N2CCC[C@@H](N)C2)n1. The van der Waals surface area contributed by atoms with Crippen LogP contribution in [0.1, 0.15) is 32.4 Å². The van der Waals surface area contributed by atoms with E-state index in [-0.39, 0.29) is 12.1 Å². The summed E-state index contributed by atoms with van der Waals surface area (Å²) in [6.45, 7) is 7.74. The second-order valence-corrected chi connectivity index (χ2v) is 5.16. The van der Waals surface area contributed by atoms with Crippen molar-refractivity contribution in [1.82, 2.24) is 9.97 Å².